The Balaban J connectivity index is 1.54. The van der Waals surface area contributed by atoms with Crippen molar-refractivity contribution in [1.82, 2.24) is 0 Å². The van der Waals surface area contributed by atoms with Crippen LogP contribution in [0.25, 0.3) is 11.1 Å². The number of Topliss-reactive ketones (excluding diaryl/α,β-unsaturated/α-hetero) is 1. The van der Waals surface area contributed by atoms with Gasteiger partial charge in [0.1, 0.15) is 17.2 Å². The molecule has 0 radical (unpaired) electrons. The molecule has 4 atom stereocenters. The van der Waals surface area contributed by atoms with E-state index in [1.807, 2.05) is 84.9 Å². The van der Waals surface area contributed by atoms with Gasteiger partial charge in [0.15, 0.2) is 5.78 Å². The number of benzene rings is 5. The van der Waals surface area contributed by atoms with Crippen LogP contribution in [0, 0.1) is 22.0 Å². The molecule has 9 nitrogen and oxygen atoms in total. The topological polar surface area (TPSA) is 116 Å². The first kappa shape index (κ1) is 32.3. The van der Waals surface area contributed by atoms with Crippen LogP contribution in [0.3, 0.4) is 0 Å². The first-order chi connectivity index (χ1) is 24.7. The number of hydrogen-bond donors (Lipinski definition) is 0. The SMILES string of the molecule is COc1ccc(C2=C(c3ccc(OC)cc3)[C@@]3(c4ccccc4)C(=O)[C@]2(c2ccccc2)[C@@H]2C(=O)N(c4ccc(Br)cc4[N+](=O)[O-])C(=O)[C@@H]23)cc1. The maximum absolute atomic E-state index is 16.1. The molecule has 2 aliphatic carbocycles. The summed E-state index contributed by atoms with van der Waals surface area (Å²) in [6.07, 6.45) is 0. The van der Waals surface area contributed by atoms with Crippen LogP contribution in [0.5, 0.6) is 11.5 Å². The molecule has 1 aliphatic heterocycles. The van der Waals surface area contributed by atoms with Crippen LogP contribution < -0.4 is 14.4 Å². The third kappa shape index (κ3) is 4.29. The summed E-state index contributed by atoms with van der Waals surface area (Å²) >= 11 is 3.29. The van der Waals surface area contributed by atoms with E-state index in [1.54, 1.807) is 44.6 Å². The van der Waals surface area contributed by atoms with E-state index in [0.717, 1.165) is 4.90 Å². The third-order valence-corrected chi connectivity index (χ3v) is 11.1. The molecule has 0 spiro atoms. The molecular formula is C41H29BrN2O7. The lowest BCUT2D eigenvalue weighted by Gasteiger charge is -2.39. The number of rotatable bonds is 8. The molecule has 2 bridgehead atoms. The number of fused-ring (bicyclic) bond motifs is 5. The van der Waals surface area contributed by atoms with Gasteiger partial charge in [-0.3, -0.25) is 24.5 Å². The number of nitro groups is 1. The number of ether oxygens (including phenoxy) is 2. The Bertz CT molecular complexity index is 2160. The second-order valence-corrected chi connectivity index (χ2v) is 13.7. The summed E-state index contributed by atoms with van der Waals surface area (Å²) in [7, 11) is 3.13. The van der Waals surface area contributed by atoms with Gasteiger partial charge in [-0.2, -0.15) is 0 Å². The zero-order chi connectivity index (χ0) is 35.7. The highest BCUT2D eigenvalue weighted by Gasteiger charge is 2.83. The van der Waals surface area contributed by atoms with E-state index in [-0.39, 0.29) is 11.5 Å². The molecule has 252 valence electrons. The molecule has 2 fully saturated rings. The summed E-state index contributed by atoms with van der Waals surface area (Å²) < 4.78 is 11.4. The van der Waals surface area contributed by atoms with Gasteiger partial charge >= 0.3 is 0 Å². The van der Waals surface area contributed by atoms with Crippen LogP contribution in [0.2, 0.25) is 0 Å². The quantitative estimate of drug-likeness (QED) is 0.0916. The van der Waals surface area contributed by atoms with E-state index in [1.165, 1.54) is 12.1 Å². The fourth-order valence-electron chi connectivity index (χ4n) is 8.71. The fourth-order valence-corrected chi connectivity index (χ4v) is 9.06. The molecule has 1 saturated carbocycles. The van der Waals surface area contributed by atoms with E-state index in [0.29, 0.717) is 49.4 Å². The second-order valence-electron chi connectivity index (χ2n) is 12.7. The minimum atomic E-state index is -1.67. The molecule has 51 heavy (non-hydrogen) atoms. The monoisotopic (exact) mass is 740 g/mol. The second kappa shape index (κ2) is 11.9. The van der Waals surface area contributed by atoms with Gasteiger partial charge in [0.05, 0.1) is 41.8 Å². The van der Waals surface area contributed by atoms with Gasteiger partial charge in [-0.25, -0.2) is 4.90 Å². The molecular weight excluding hydrogens is 712 g/mol. The number of nitrogens with zero attached hydrogens (tertiary/aromatic N) is 2. The predicted molar refractivity (Wildman–Crippen MR) is 194 cm³/mol. The van der Waals surface area contributed by atoms with Gasteiger partial charge in [-0.15, -0.1) is 0 Å². The normalized spacial score (nSPS) is 23.5. The van der Waals surface area contributed by atoms with E-state index < -0.39 is 45.1 Å². The van der Waals surface area contributed by atoms with Crippen molar-refractivity contribution < 1.29 is 28.8 Å². The van der Waals surface area contributed by atoms with Gasteiger partial charge in [0.2, 0.25) is 11.8 Å². The smallest absolute Gasteiger partial charge is 0.294 e. The summed E-state index contributed by atoms with van der Waals surface area (Å²) in [6, 6.07) is 37.1. The average Bonchev–Trinajstić information content (AvgIpc) is 3.67. The Labute approximate surface area is 301 Å². The first-order valence-corrected chi connectivity index (χ1v) is 17.0. The van der Waals surface area contributed by atoms with Crippen molar-refractivity contribution in [2.75, 3.05) is 19.1 Å². The van der Waals surface area contributed by atoms with E-state index in [2.05, 4.69) is 15.9 Å². The summed E-state index contributed by atoms with van der Waals surface area (Å²) in [5.74, 6) is -2.92. The number of allylic oxidation sites excluding steroid dienone is 2. The molecule has 5 aromatic carbocycles. The number of nitro benzene ring substituents is 1. The molecule has 0 unspecified atom stereocenters. The number of methoxy groups -OCH3 is 2. The fraction of sp³-hybridized carbons (Fsp3) is 0.146. The molecule has 1 saturated heterocycles. The largest absolute Gasteiger partial charge is 0.497 e. The molecule has 2 amide bonds. The van der Waals surface area contributed by atoms with Gasteiger partial charge in [-0.1, -0.05) is 101 Å². The zero-order valence-electron chi connectivity index (χ0n) is 27.4. The average molecular weight is 742 g/mol. The highest BCUT2D eigenvalue weighted by molar-refractivity contribution is 9.10. The number of amides is 2. The Hall–Kier alpha value is -5.87. The lowest BCUT2D eigenvalue weighted by molar-refractivity contribution is -0.384. The Morgan fingerprint density at radius 2 is 1.08 bits per heavy atom. The van der Waals surface area contributed by atoms with Crippen LogP contribution >= 0.6 is 15.9 Å². The molecule has 0 aromatic heterocycles. The Kier molecular flexibility index (Phi) is 7.53. The molecule has 3 aliphatic rings. The van der Waals surface area contributed by atoms with Crippen LogP contribution in [-0.4, -0.2) is 36.7 Å². The minimum Gasteiger partial charge on any atom is -0.497 e. The number of anilines is 1. The Morgan fingerprint density at radius 1 is 0.647 bits per heavy atom. The third-order valence-electron chi connectivity index (χ3n) is 10.6. The van der Waals surface area contributed by atoms with Crippen LogP contribution in [0.4, 0.5) is 11.4 Å². The molecule has 5 aromatic rings. The number of ketones is 1. The maximum Gasteiger partial charge on any atom is 0.294 e. The van der Waals surface area contributed by atoms with Gasteiger partial charge in [0.25, 0.3) is 5.69 Å². The molecule has 1 heterocycles. The molecule has 10 heteroatoms. The van der Waals surface area contributed by atoms with Crippen molar-refractivity contribution in [3.63, 3.8) is 0 Å². The number of carbonyl (C=O) groups is 3. The van der Waals surface area contributed by atoms with E-state index in [9.17, 15) is 10.1 Å². The molecule has 8 rings (SSSR count). The van der Waals surface area contributed by atoms with Crippen molar-refractivity contribution in [3.05, 3.63) is 164 Å². The number of halogens is 1. The van der Waals surface area contributed by atoms with Crippen molar-refractivity contribution in [2.45, 2.75) is 10.8 Å². The zero-order valence-corrected chi connectivity index (χ0v) is 29.0. The van der Waals surface area contributed by atoms with Gasteiger partial charge in [-0.05, 0) is 69.8 Å². The first-order valence-electron chi connectivity index (χ1n) is 16.2. The highest BCUT2D eigenvalue weighted by atomic mass is 79.9. The minimum absolute atomic E-state index is 0.150. The van der Waals surface area contributed by atoms with E-state index in [4.69, 9.17) is 9.47 Å². The van der Waals surface area contributed by atoms with Crippen molar-refractivity contribution in [2.24, 2.45) is 11.8 Å². The van der Waals surface area contributed by atoms with Crippen molar-refractivity contribution in [3.8, 4) is 11.5 Å². The summed E-state index contributed by atoms with van der Waals surface area (Å²) in [4.78, 5) is 59.2. The van der Waals surface area contributed by atoms with Crippen molar-refractivity contribution in [1.29, 1.82) is 0 Å². The molecule has 0 N–H and O–H groups in total. The maximum atomic E-state index is 16.1. The van der Waals surface area contributed by atoms with Gasteiger partial charge < -0.3 is 9.47 Å². The van der Waals surface area contributed by atoms with Crippen LogP contribution in [-0.2, 0) is 25.2 Å². The number of carbonyl (C=O) groups excluding carboxylic acids is 3. The van der Waals surface area contributed by atoms with E-state index >= 15 is 14.4 Å². The van der Waals surface area contributed by atoms with Crippen LogP contribution in [0.1, 0.15) is 22.3 Å². The lowest BCUT2D eigenvalue weighted by Crippen LogP contribution is -2.45. The number of hydrogen-bond acceptors (Lipinski definition) is 7. The van der Waals surface area contributed by atoms with Crippen LogP contribution in [0.15, 0.2) is 132 Å². The van der Waals surface area contributed by atoms with Crippen molar-refractivity contribution >= 4 is 56.0 Å². The standard InChI is InChI=1S/C41H29BrN2O7/c1-50-29-18-13-24(14-19-29)33-34(25-15-20-30(51-2)21-16-25)41(27-11-7-4-8-12-27)36-35(40(33,39(41)47)26-9-5-3-6-10-26)37(45)43(38(36)46)31-22-17-28(42)23-32(31)44(48)49/h3-23,35-36H,1-2H3/t35-,36+,40-,41+. The highest BCUT2D eigenvalue weighted by Crippen LogP contribution is 2.74. The summed E-state index contributed by atoms with van der Waals surface area (Å²) in [6.45, 7) is 0. The summed E-state index contributed by atoms with van der Waals surface area (Å²) in [5.41, 5.74) is -0.291. The lowest BCUT2D eigenvalue weighted by atomic mass is 9.59. The predicted octanol–water partition coefficient (Wildman–Crippen LogP) is 7.56. The van der Waals surface area contributed by atoms with Gasteiger partial charge in [0, 0.05) is 10.5 Å². The number of imide groups is 1. The Morgan fingerprint density at radius 3 is 1.47 bits per heavy atom. The summed E-state index contributed by atoms with van der Waals surface area (Å²) in [5, 5.41) is 12.4.